The lowest BCUT2D eigenvalue weighted by molar-refractivity contribution is -0.696. The van der Waals surface area contributed by atoms with Gasteiger partial charge in [0.25, 0.3) is 5.82 Å². The summed E-state index contributed by atoms with van der Waals surface area (Å²) >= 11 is 0. The molecule has 3 nitrogen and oxygen atoms in total. The van der Waals surface area contributed by atoms with Crippen molar-refractivity contribution < 1.29 is 4.57 Å². The number of hydrogen-bond donors (Lipinski definition) is 0. The SMILES string of the molecule is CCn1c(C)c(C)[n+](CC(C)C)c1-c1ccc(N(C)C)cc1. The van der Waals surface area contributed by atoms with Crippen LogP contribution in [0.25, 0.3) is 11.4 Å². The van der Waals surface area contributed by atoms with Gasteiger partial charge < -0.3 is 4.90 Å². The lowest BCUT2D eigenvalue weighted by Gasteiger charge is -2.13. The van der Waals surface area contributed by atoms with Gasteiger partial charge in [-0.1, -0.05) is 13.8 Å². The van der Waals surface area contributed by atoms with Crippen LogP contribution in [-0.2, 0) is 13.1 Å². The zero-order chi connectivity index (χ0) is 16.4. The molecule has 0 aliphatic rings. The van der Waals surface area contributed by atoms with Crippen LogP contribution in [0.3, 0.4) is 0 Å². The minimum atomic E-state index is 0.635. The van der Waals surface area contributed by atoms with Gasteiger partial charge in [0.05, 0.1) is 18.7 Å². The molecule has 0 unspecified atom stereocenters. The maximum atomic E-state index is 2.48. The Morgan fingerprint density at radius 1 is 1.09 bits per heavy atom. The Kier molecular flexibility index (Phi) is 4.94. The van der Waals surface area contributed by atoms with E-state index in [1.807, 2.05) is 0 Å². The third-order valence-corrected chi connectivity index (χ3v) is 4.35. The molecule has 1 aromatic heterocycles. The highest BCUT2D eigenvalue weighted by atomic mass is 15.2. The maximum absolute atomic E-state index is 2.48. The second-order valence-corrected chi connectivity index (χ2v) is 6.68. The Morgan fingerprint density at radius 2 is 1.68 bits per heavy atom. The van der Waals surface area contributed by atoms with Crippen LogP contribution < -0.4 is 9.47 Å². The lowest BCUT2D eigenvalue weighted by Crippen LogP contribution is -2.40. The molecule has 1 aromatic carbocycles. The number of rotatable bonds is 5. The average molecular weight is 300 g/mol. The standard InChI is InChI=1S/C19H30N3/c1-8-21-15(4)16(5)22(13-14(2)3)19(21)17-9-11-18(12-10-17)20(6)7/h9-12,14H,8,13H2,1-7H3/q+1. The van der Waals surface area contributed by atoms with E-state index >= 15 is 0 Å². The van der Waals surface area contributed by atoms with Gasteiger partial charge in [-0.2, -0.15) is 0 Å². The maximum Gasteiger partial charge on any atom is 0.289 e. The van der Waals surface area contributed by atoms with Crippen LogP contribution >= 0.6 is 0 Å². The average Bonchev–Trinajstić information content (AvgIpc) is 2.71. The summed E-state index contributed by atoms with van der Waals surface area (Å²) in [6.07, 6.45) is 0. The molecule has 0 amide bonds. The summed E-state index contributed by atoms with van der Waals surface area (Å²) < 4.78 is 4.91. The Bertz CT molecular complexity index is 634. The molecule has 2 rings (SSSR count). The summed E-state index contributed by atoms with van der Waals surface area (Å²) in [4.78, 5) is 2.14. The number of imidazole rings is 1. The van der Waals surface area contributed by atoms with Crippen LogP contribution in [0.5, 0.6) is 0 Å². The van der Waals surface area contributed by atoms with Gasteiger partial charge in [0, 0.05) is 33.6 Å². The van der Waals surface area contributed by atoms with Crippen LogP contribution in [0.1, 0.15) is 32.2 Å². The van der Waals surface area contributed by atoms with Crippen LogP contribution in [0.15, 0.2) is 24.3 Å². The molecule has 0 aliphatic carbocycles. The molecule has 0 saturated carbocycles. The molecule has 0 spiro atoms. The molecule has 0 radical (unpaired) electrons. The first kappa shape index (κ1) is 16.6. The normalized spacial score (nSPS) is 11.3. The zero-order valence-electron chi connectivity index (χ0n) is 15.1. The van der Waals surface area contributed by atoms with E-state index in [9.17, 15) is 0 Å². The van der Waals surface area contributed by atoms with E-state index in [-0.39, 0.29) is 0 Å². The minimum absolute atomic E-state index is 0.635. The number of hydrogen-bond acceptors (Lipinski definition) is 1. The molecule has 0 saturated heterocycles. The first-order valence-corrected chi connectivity index (χ1v) is 8.24. The first-order valence-electron chi connectivity index (χ1n) is 8.24. The molecular formula is C19H30N3+. The number of benzene rings is 1. The van der Waals surface area contributed by atoms with E-state index in [0.29, 0.717) is 5.92 Å². The third kappa shape index (κ3) is 3.03. The van der Waals surface area contributed by atoms with Crippen molar-refractivity contribution in [2.45, 2.75) is 47.7 Å². The van der Waals surface area contributed by atoms with E-state index in [4.69, 9.17) is 0 Å². The topological polar surface area (TPSA) is 12.0 Å². The molecule has 2 aromatic rings. The van der Waals surface area contributed by atoms with E-state index in [0.717, 1.165) is 13.1 Å². The molecule has 22 heavy (non-hydrogen) atoms. The largest absolute Gasteiger partial charge is 0.378 e. The van der Waals surface area contributed by atoms with Crippen molar-refractivity contribution in [3.05, 3.63) is 35.7 Å². The van der Waals surface area contributed by atoms with Gasteiger partial charge in [-0.15, -0.1) is 0 Å². The fourth-order valence-corrected chi connectivity index (χ4v) is 3.05. The summed E-state index contributed by atoms with van der Waals surface area (Å²) in [5.41, 5.74) is 5.28. The molecule has 3 heteroatoms. The highest BCUT2D eigenvalue weighted by Gasteiger charge is 2.26. The molecule has 120 valence electrons. The summed E-state index contributed by atoms with van der Waals surface area (Å²) in [5.74, 6) is 1.96. The Labute approximate surface area is 135 Å². The molecular weight excluding hydrogens is 270 g/mol. The van der Waals surface area contributed by atoms with E-state index in [1.54, 1.807) is 0 Å². The summed E-state index contributed by atoms with van der Waals surface area (Å²) in [6.45, 7) is 13.3. The van der Waals surface area contributed by atoms with Crippen molar-refractivity contribution in [2.24, 2.45) is 5.92 Å². The predicted molar refractivity (Wildman–Crippen MR) is 94.4 cm³/mol. The molecule has 0 bridgehead atoms. The van der Waals surface area contributed by atoms with Crippen molar-refractivity contribution in [1.29, 1.82) is 0 Å². The van der Waals surface area contributed by atoms with Crippen molar-refractivity contribution in [2.75, 3.05) is 19.0 Å². The van der Waals surface area contributed by atoms with Gasteiger partial charge >= 0.3 is 0 Å². The minimum Gasteiger partial charge on any atom is -0.378 e. The van der Waals surface area contributed by atoms with Crippen LogP contribution in [-0.4, -0.2) is 18.7 Å². The van der Waals surface area contributed by atoms with E-state index in [1.165, 1.54) is 28.5 Å². The lowest BCUT2D eigenvalue weighted by atomic mass is 10.1. The van der Waals surface area contributed by atoms with Crippen molar-refractivity contribution in [3.63, 3.8) is 0 Å². The van der Waals surface area contributed by atoms with E-state index in [2.05, 4.69) is 87.0 Å². The summed E-state index contributed by atoms with van der Waals surface area (Å²) in [7, 11) is 4.16. The fraction of sp³-hybridized carbons (Fsp3) is 0.526. The molecule has 1 heterocycles. The third-order valence-electron chi connectivity index (χ3n) is 4.35. The smallest absolute Gasteiger partial charge is 0.289 e. The molecule has 0 aliphatic heterocycles. The van der Waals surface area contributed by atoms with Gasteiger partial charge in [0.2, 0.25) is 0 Å². The Hall–Kier alpha value is -1.77. The van der Waals surface area contributed by atoms with Gasteiger partial charge in [-0.05, 0) is 37.1 Å². The summed E-state index contributed by atoms with van der Waals surface area (Å²) in [5, 5.41) is 0. The number of nitrogens with zero attached hydrogens (tertiary/aromatic N) is 3. The summed E-state index contributed by atoms with van der Waals surface area (Å²) in [6, 6.07) is 8.89. The predicted octanol–water partition coefficient (Wildman–Crippen LogP) is 3.80. The molecule has 0 N–H and O–H groups in total. The first-order chi connectivity index (χ1) is 10.4. The van der Waals surface area contributed by atoms with Gasteiger partial charge in [-0.25, -0.2) is 9.13 Å². The van der Waals surface area contributed by atoms with Crippen molar-refractivity contribution in [3.8, 4) is 11.4 Å². The Balaban J connectivity index is 2.59. The second kappa shape index (κ2) is 6.55. The second-order valence-electron chi connectivity index (χ2n) is 6.68. The van der Waals surface area contributed by atoms with E-state index < -0.39 is 0 Å². The molecule has 0 fully saturated rings. The Morgan fingerprint density at radius 3 is 2.14 bits per heavy atom. The van der Waals surface area contributed by atoms with Crippen LogP contribution in [0.4, 0.5) is 5.69 Å². The zero-order valence-corrected chi connectivity index (χ0v) is 15.1. The van der Waals surface area contributed by atoms with Crippen LogP contribution in [0, 0.1) is 19.8 Å². The highest BCUT2D eigenvalue weighted by molar-refractivity contribution is 5.59. The number of aromatic nitrogens is 2. The van der Waals surface area contributed by atoms with Gasteiger partial charge in [0.15, 0.2) is 0 Å². The highest BCUT2D eigenvalue weighted by Crippen LogP contribution is 2.23. The van der Waals surface area contributed by atoms with Gasteiger partial charge in [-0.3, -0.25) is 0 Å². The monoisotopic (exact) mass is 300 g/mol. The van der Waals surface area contributed by atoms with Crippen LogP contribution in [0.2, 0.25) is 0 Å². The van der Waals surface area contributed by atoms with Gasteiger partial charge in [0.1, 0.15) is 11.4 Å². The fourth-order valence-electron chi connectivity index (χ4n) is 3.05. The quantitative estimate of drug-likeness (QED) is 0.765. The van der Waals surface area contributed by atoms with Crippen molar-refractivity contribution in [1.82, 2.24) is 4.57 Å². The number of anilines is 1. The molecule has 0 atom stereocenters. The van der Waals surface area contributed by atoms with Crippen molar-refractivity contribution >= 4 is 5.69 Å².